The summed E-state index contributed by atoms with van der Waals surface area (Å²) in [7, 11) is -2.80. The second-order valence-corrected chi connectivity index (χ2v) is 8.23. The zero-order chi connectivity index (χ0) is 19.1. The van der Waals surface area contributed by atoms with E-state index in [1.165, 1.54) is 0 Å². The molecule has 0 bridgehead atoms. The number of benzene rings is 2. The van der Waals surface area contributed by atoms with Crippen molar-refractivity contribution in [2.45, 2.75) is 47.5 Å². The highest BCUT2D eigenvalue weighted by Gasteiger charge is 2.13. The third-order valence-electron chi connectivity index (χ3n) is 3.40. The zero-order valence-corrected chi connectivity index (χ0v) is 16.9. The molecule has 0 saturated heterocycles. The molecule has 2 unspecified atom stereocenters. The molecule has 26 heavy (non-hydrogen) atoms. The van der Waals surface area contributed by atoms with Crippen molar-refractivity contribution < 1.29 is 8.42 Å². The van der Waals surface area contributed by atoms with Gasteiger partial charge in [-0.25, -0.2) is 8.42 Å². The smallest absolute Gasteiger partial charge is 0.154 e. The molecule has 0 fully saturated rings. The molecule has 1 aromatic heterocycles. The van der Waals surface area contributed by atoms with Crippen molar-refractivity contribution in [3.8, 4) is 0 Å². The van der Waals surface area contributed by atoms with Crippen LogP contribution in [0, 0.1) is 13.8 Å². The van der Waals surface area contributed by atoms with Gasteiger partial charge in [0.25, 0.3) is 0 Å². The van der Waals surface area contributed by atoms with Crippen LogP contribution in [0.25, 0.3) is 0 Å². The number of aryl methyl sites for hydroxylation is 2. The third kappa shape index (κ3) is 4.93. The number of aromatic nitrogens is 2. The average Bonchev–Trinajstić information content (AvgIpc) is 2.68. The maximum atomic E-state index is 12.5. The Labute approximate surface area is 159 Å². The first kappa shape index (κ1) is 20.1. The molecule has 3 aromatic rings. The van der Waals surface area contributed by atoms with Gasteiger partial charge in [0.1, 0.15) is 21.6 Å². The maximum Gasteiger partial charge on any atom is 0.154 e. The van der Waals surface area contributed by atoms with Crippen LogP contribution in [-0.4, -0.2) is 18.6 Å². The van der Waals surface area contributed by atoms with Crippen LogP contribution in [0.15, 0.2) is 80.5 Å². The van der Waals surface area contributed by atoms with Gasteiger partial charge in [-0.3, -0.25) is 0 Å². The Bertz CT molecular complexity index is 849. The van der Waals surface area contributed by atoms with Crippen molar-refractivity contribution in [1.29, 1.82) is 0 Å². The molecule has 0 radical (unpaired) electrons. The fraction of sp³-hybridized carbons (Fsp3) is 0.200. The van der Waals surface area contributed by atoms with Crippen molar-refractivity contribution in [2.24, 2.45) is 0 Å². The molecule has 3 rings (SSSR count). The molecule has 1 heterocycles. The predicted molar refractivity (Wildman–Crippen MR) is 105 cm³/mol. The lowest BCUT2D eigenvalue weighted by Gasteiger charge is -2.04. The summed E-state index contributed by atoms with van der Waals surface area (Å²) in [5.41, 5.74) is 2.07. The second kappa shape index (κ2) is 9.50. The molecule has 4 nitrogen and oxygen atoms in total. The Balaban J connectivity index is 0.00000117. The summed E-state index contributed by atoms with van der Waals surface area (Å²) >= 11 is 0. The van der Waals surface area contributed by atoms with E-state index in [1.807, 2.05) is 64.1 Å². The number of rotatable bonds is 4. The molecule has 0 saturated carbocycles. The minimum Gasteiger partial charge on any atom is -0.247 e. The second-order valence-electron chi connectivity index (χ2n) is 5.38. The van der Waals surface area contributed by atoms with Crippen LogP contribution in [0.5, 0.6) is 0 Å². The van der Waals surface area contributed by atoms with Crippen LogP contribution in [0.3, 0.4) is 0 Å². The van der Waals surface area contributed by atoms with E-state index in [2.05, 4.69) is 10.2 Å². The van der Waals surface area contributed by atoms with Gasteiger partial charge in [0.2, 0.25) is 0 Å². The fourth-order valence-corrected chi connectivity index (χ4v) is 4.29. The first-order chi connectivity index (χ1) is 12.5. The van der Waals surface area contributed by atoms with Crippen molar-refractivity contribution in [3.05, 3.63) is 71.8 Å². The van der Waals surface area contributed by atoms with E-state index >= 15 is 0 Å². The normalized spacial score (nSPS) is 12.6. The Kier molecular flexibility index (Phi) is 7.36. The van der Waals surface area contributed by atoms with Crippen LogP contribution in [0.2, 0.25) is 0 Å². The molecule has 2 atom stereocenters. The summed E-state index contributed by atoms with van der Waals surface area (Å²) in [5.74, 6) is 0. The van der Waals surface area contributed by atoms with Crippen LogP contribution >= 0.6 is 0 Å². The van der Waals surface area contributed by atoms with Crippen molar-refractivity contribution in [3.63, 3.8) is 0 Å². The minimum absolute atomic E-state index is 0.352. The predicted octanol–water partition coefficient (Wildman–Crippen LogP) is 4.45. The molecule has 0 spiro atoms. The van der Waals surface area contributed by atoms with Gasteiger partial charge in [-0.15, -0.1) is 10.2 Å². The summed E-state index contributed by atoms with van der Waals surface area (Å²) in [4.78, 5) is 1.36. The number of nitrogens with zero attached hydrogens (tertiary/aromatic N) is 2. The van der Waals surface area contributed by atoms with Crippen molar-refractivity contribution >= 4 is 21.6 Å². The van der Waals surface area contributed by atoms with Gasteiger partial charge in [-0.1, -0.05) is 38.1 Å². The summed E-state index contributed by atoms with van der Waals surface area (Å²) in [6.45, 7) is 7.89. The quantitative estimate of drug-likeness (QED) is 0.664. The molecule has 0 amide bonds. The standard InChI is InChI=1S/C18H16N2O2S2.C2H6/c1-13-5-3-7-15(11-13)23(21)17-9-10-18(20-19-17)24(22)16-8-4-6-14(2)12-16;1-2/h3-12H,1-2H3;1-2H3. The van der Waals surface area contributed by atoms with E-state index in [-0.39, 0.29) is 0 Å². The summed E-state index contributed by atoms with van der Waals surface area (Å²) in [5, 5.41) is 8.73. The largest absolute Gasteiger partial charge is 0.247 e. The fourth-order valence-electron chi connectivity index (χ4n) is 2.21. The van der Waals surface area contributed by atoms with Gasteiger partial charge in [0, 0.05) is 9.79 Å². The lowest BCUT2D eigenvalue weighted by Crippen LogP contribution is -2.03. The SMILES string of the molecule is CC.Cc1cccc(S(=O)c2ccc(S(=O)c3cccc(C)c3)nn2)c1. The van der Waals surface area contributed by atoms with Gasteiger partial charge in [0.05, 0.1) is 0 Å². The van der Waals surface area contributed by atoms with Gasteiger partial charge in [0.15, 0.2) is 10.1 Å². The topological polar surface area (TPSA) is 59.9 Å². The highest BCUT2D eigenvalue weighted by atomic mass is 32.2. The molecule has 0 aliphatic heterocycles. The van der Waals surface area contributed by atoms with E-state index in [1.54, 1.807) is 24.3 Å². The van der Waals surface area contributed by atoms with Gasteiger partial charge in [-0.2, -0.15) is 0 Å². The van der Waals surface area contributed by atoms with Gasteiger partial charge < -0.3 is 0 Å². The van der Waals surface area contributed by atoms with Crippen molar-refractivity contribution in [2.75, 3.05) is 0 Å². The van der Waals surface area contributed by atoms with Crippen LogP contribution in [0.4, 0.5) is 0 Å². The molecule has 0 aliphatic carbocycles. The summed E-state index contributed by atoms with van der Waals surface area (Å²) in [6.07, 6.45) is 0. The molecule has 2 aromatic carbocycles. The Morgan fingerprint density at radius 1 is 0.654 bits per heavy atom. The number of hydrogen-bond acceptors (Lipinski definition) is 4. The summed E-state index contributed by atoms with van der Waals surface area (Å²) in [6, 6.07) is 18.2. The highest BCUT2D eigenvalue weighted by molar-refractivity contribution is 7.85. The number of hydrogen-bond donors (Lipinski definition) is 0. The molecule has 0 aliphatic rings. The van der Waals surface area contributed by atoms with Gasteiger partial charge >= 0.3 is 0 Å². The lowest BCUT2D eigenvalue weighted by atomic mass is 10.2. The van der Waals surface area contributed by atoms with Crippen LogP contribution in [-0.2, 0) is 21.6 Å². The molecule has 6 heteroatoms. The molecule has 136 valence electrons. The van der Waals surface area contributed by atoms with Gasteiger partial charge in [-0.05, 0) is 61.4 Å². The average molecular weight is 387 g/mol. The molecular weight excluding hydrogens is 364 g/mol. The molecular formula is C20H22N2O2S2. The monoisotopic (exact) mass is 386 g/mol. The first-order valence-electron chi connectivity index (χ1n) is 8.35. The third-order valence-corrected chi connectivity index (χ3v) is 5.96. The van der Waals surface area contributed by atoms with E-state index in [0.29, 0.717) is 19.8 Å². The molecule has 0 N–H and O–H groups in total. The minimum atomic E-state index is -1.40. The van der Waals surface area contributed by atoms with Crippen LogP contribution < -0.4 is 0 Å². The van der Waals surface area contributed by atoms with E-state index in [9.17, 15) is 8.42 Å². The highest BCUT2D eigenvalue weighted by Crippen LogP contribution is 2.18. The maximum absolute atomic E-state index is 12.5. The Morgan fingerprint density at radius 3 is 1.35 bits per heavy atom. The Morgan fingerprint density at radius 2 is 1.04 bits per heavy atom. The lowest BCUT2D eigenvalue weighted by molar-refractivity contribution is 0.668. The Hall–Kier alpha value is -2.18. The van der Waals surface area contributed by atoms with E-state index in [4.69, 9.17) is 0 Å². The van der Waals surface area contributed by atoms with Crippen LogP contribution in [0.1, 0.15) is 25.0 Å². The van der Waals surface area contributed by atoms with E-state index in [0.717, 1.165) is 11.1 Å². The van der Waals surface area contributed by atoms with E-state index < -0.39 is 21.6 Å². The summed E-state index contributed by atoms with van der Waals surface area (Å²) < 4.78 is 25.1. The van der Waals surface area contributed by atoms with Crippen molar-refractivity contribution in [1.82, 2.24) is 10.2 Å². The first-order valence-corrected chi connectivity index (χ1v) is 10.7. The zero-order valence-electron chi connectivity index (χ0n) is 15.3.